The SMILES string of the molecule is Cc1nc(NC(C)c2ccc3ccccc3c2)c2cc3c(cc2n1)OCCOCC(C)O3. The summed E-state index contributed by atoms with van der Waals surface area (Å²) in [5.41, 5.74) is 2.02. The molecule has 2 atom stereocenters. The van der Waals surface area contributed by atoms with Crippen molar-refractivity contribution >= 4 is 27.5 Å². The number of hydrogen-bond acceptors (Lipinski definition) is 6. The number of nitrogens with zero attached hydrogens (tertiary/aromatic N) is 2. The van der Waals surface area contributed by atoms with Gasteiger partial charge in [-0.2, -0.15) is 0 Å². The van der Waals surface area contributed by atoms with Gasteiger partial charge in [-0.25, -0.2) is 9.97 Å². The third kappa shape index (κ3) is 4.18. The van der Waals surface area contributed by atoms with Gasteiger partial charge in [0.1, 0.15) is 24.4 Å². The van der Waals surface area contributed by atoms with Crippen molar-refractivity contribution in [2.24, 2.45) is 0 Å². The number of anilines is 1. The maximum Gasteiger partial charge on any atom is 0.163 e. The minimum Gasteiger partial charge on any atom is -0.487 e. The number of hydrogen-bond donors (Lipinski definition) is 1. The van der Waals surface area contributed by atoms with Crippen molar-refractivity contribution in [1.29, 1.82) is 0 Å². The Kier molecular flexibility index (Phi) is 5.53. The zero-order valence-electron chi connectivity index (χ0n) is 18.6. The van der Waals surface area contributed by atoms with Crippen LogP contribution in [0.2, 0.25) is 0 Å². The summed E-state index contributed by atoms with van der Waals surface area (Å²) in [6, 6.07) is 18.9. The van der Waals surface area contributed by atoms with E-state index < -0.39 is 0 Å². The third-order valence-electron chi connectivity index (χ3n) is 5.67. The molecular formula is C26H27N3O3. The van der Waals surface area contributed by atoms with E-state index in [1.807, 2.05) is 26.0 Å². The molecule has 4 aromatic rings. The summed E-state index contributed by atoms with van der Waals surface area (Å²) in [6.45, 7) is 7.57. The van der Waals surface area contributed by atoms with Gasteiger partial charge in [0, 0.05) is 17.5 Å². The smallest absolute Gasteiger partial charge is 0.163 e. The average Bonchev–Trinajstić information content (AvgIpc) is 2.87. The Hall–Kier alpha value is -3.38. The first-order chi connectivity index (χ1) is 15.6. The fourth-order valence-electron chi connectivity index (χ4n) is 4.04. The number of ether oxygens (including phenoxy) is 3. The molecule has 164 valence electrons. The number of aromatic nitrogens is 2. The van der Waals surface area contributed by atoms with E-state index in [0.717, 1.165) is 16.7 Å². The van der Waals surface area contributed by atoms with Crippen LogP contribution in [-0.2, 0) is 4.74 Å². The van der Waals surface area contributed by atoms with Crippen LogP contribution >= 0.6 is 0 Å². The highest BCUT2D eigenvalue weighted by Crippen LogP contribution is 2.36. The van der Waals surface area contributed by atoms with Gasteiger partial charge >= 0.3 is 0 Å². The molecule has 0 radical (unpaired) electrons. The van der Waals surface area contributed by atoms with Gasteiger partial charge in [-0.3, -0.25) is 0 Å². The van der Waals surface area contributed by atoms with Crippen LogP contribution in [0.3, 0.4) is 0 Å². The normalized spacial score (nSPS) is 17.4. The summed E-state index contributed by atoms with van der Waals surface area (Å²) in [7, 11) is 0. The lowest BCUT2D eigenvalue weighted by molar-refractivity contribution is 0.0546. The second kappa shape index (κ2) is 8.63. The molecule has 32 heavy (non-hydrogen) atoms. The van der Waals surface area contributed by atoms with Gasteiger partial charge < -0.3 is 19.5 Å². The van der Waals surface area contributed by atoms with Gasteiger partial charge in [0.15, 0.2) is 11.5 Å². The van der Waals surface area contributed by atoms with Crippen molar-refractivity contribution in [3.8, 4) is 11.5 Å². The molecule has 6 heteroatoms. The van der Waals surface area contributed by atoms with Crippen molar-refractivity contribution in [1.82, 2.24) is 9.97 Å². The number of rotatable bonds is 3. The monoisotopic (exact) mass is 429 g/mol. The molecule has 0 fully saturated rings. The molecule has 0 saturated heterocycles. The zero-order valence-corrected chi connectivity index (χ0v) is 18.6. The van der Waals surface area contributed by atoms with E-state index in [2.05, 4.69) is 59.7 Å². The predicted molar refractivity (Wildman–Crippen MR) is 127 cm³/mol. The standard InChI is InChI=1S/C26H27N3O3/c1-16-15-30-10-11-31-24-14-23-22(13-25(24)32-16)26(29-18(3)28-23)27-17(2)20-9-8-19-6-4-5-7-21(19)12-20/h4-9,12-14,16-17H,10-11,15H2,1-3H3,(H,27,28,29). The maximum atomic E-state index is 6.11. The molecule has 1 aliphatic rings. The van der Waals surface area contributed by atoms with Crippen molar-refractivity contribution in [2.75, 3.05) is 25.1 Å². The minimum absolute atomic E-state index is 0.0619. The molecule has 3 aromatic carbocycles. The number of benzene rings is 3. The minimum atomic E-state index is -0.0767. The first-order valence-electron chi connectivity index (χ1n) is 11.0. The molecule has 1 aliphatic heterocycles. The third-order valence-corrected chi connectivity index (χ3v) is 5.67. The van der Waals surface area contributed by atoms with E-state index in [4.69, 9.17) is 19.2 Å². The fraction of sp³-hybridized carbons (Fsp3) is 0.308. The van der Waals surface area contributed by atoms with Gasteiger partial charge in [0.05, 0.1) is 18.7 Å². The van der Waals surface area contributed by atoms with Gasteiger partial charge in [0.2, 0.25) is 0 Å². The van der Waals surface area contributed by atoms with Crippen LogP contribution in [0.5, 0.6) is 11.5 Å². The molecule has 1 aromatic heterocycles. The molecule has 0 aliphatic carbocycles. The zero-order chi connectivity index (χ0) is 22.1. The lowest BCUT2D eigenvalue weighted by atomic mass is 10.0. The largest absolute Gasteiger partial charge is 0.487 e. The van der Waals surface area contributed by atoms with Gasteiger partial charge in [-0.1, -0.05) is 36.4 Å². The van der Waals surface area contributed by atoms with E-state index in [1.165, 1.54) is 16.3 Å². The number of aryl methyl sites for hydroxylation is 1. The summed E-state index contributed by atoms with van der Waals surface area (Å²) in [5.74, 6) is 2.85. The Bertz CT molecular complexity index is 1270. The van der Waals surface area contributed by atoms with Crippen molar-refractivity contribution in [3.05, 3.63) is 66.0 Å². The highest BCUT2D eigenvalue weighted by molar-refractivity contribution is 5.92. The molecule has 1 N–H and O–H groups in total. The molecule has 0 amide bonds. The van der Waals surface area contributed by atoms with Crippen LogP contribution in [-0.4, -0.2) is 35.9 Å². The second-order valence-corrected chi connectivity index (χ2v) is 8.26. The summed E-state index contributed by atoms with van der Waals surface area (Å²) in [5, 5.41) is 6.95. The van der Waals surface area contributed by atoms with Gasteiger partial charge in [-0.05, 0) is 49.2 Å². The molecule has 0 spiro atoms. The molecule has 2 unspecified atom stereocenters. The number of nitrogens with one attached hydrogen (secondary N) is 1. The fourth-order valence-corrected chi connectivity index (χ4v) is 4.04. The lowest BCUT2D eigenvalue weighted by Crippen LogP contribution is -2.19. The summed E-state index contributed by atoms with van der Waals surface area (Å²) < 4.78 is 17.6. The van der Waals surface area contributed by atoms with Crippen LogP contribution in [0.4, 0.5) is 5.82 Å². The van der Waals surface area contributed by atoms with E-state index in [-0.39, 0.29) is 12.1 Å². The maximum absolute atomic E-state index is 6.11. The lowest BCUT2D eigenvalue weighted by Gasteiger charge is -2.19. The Balaban J connectivity index is 1.52. The molecular weight excluding hydrogens is 402 g/mol. The first kappa shape index (κ1) is 20.5. The van der Waals surface area contributed by atoms with E-state index in [9.17, 15) is 0 Å². The van der Waals surface area contributed by atoms with E-state index in [1.54, 1.807) is 0 Å². The van der Waals surface area contributed by atoms with Gasteiger partial charge in [-0.15, -0.1) is 0 Å². The van der Waals surface area contributed by atoms with Crippen LogP contribution in [0.1, 0.15) is 31.3 Å². The van der Waals surface area contributed by atoms with Crippen LogP contribution in [0.15, 0.2) is 54.6 Å². The van der Waals surface area contributed by atoms with E-state index >= 15 is 0 Å². The second-order valence-electron chi connectivity index (χ2n) is 8.26. The molecule has 5 rings (SSSR count). The first-order valence-corrected chi connectivity index (χ1v) is 11.0. The molecule has 2 heterocycles. The Morgan fingerprint density at radius 3 is 2.69 bits per heavy atom. The van der Waals surface area contributed by atoms with Crippen LogP contribution < -0.4 is 14.8 Å². The summed E-state index contributed by atoms with van der Waals surface area (Å²) >= 11 is 0. The van der Waals surface area contributed by atoms with Crippen LogP contribution in [0, 0.1) is 6.92 Å². The van der Waals surface area contributed by atoms with Crippen LogP contribution in [0.25, 0.3) is 21.7 Å². The number of fused-ring (bicyclic) bond motifs is 3. The Labute approximate surface area is 187 Å². The molecule has 0 bridgehead atoms. The predicted octanol–water partition coefficient (Wildman–Crippen LogP) is 5.44. The average molecular weight is 430 g/mol. The Morgan fingerprint density at radius 2 is 1.81 bits per heavy atom. The van der Waals surface area contributed by atoms with Gasteiger partial charge in [0.25, 0.3) is 0 Å². The van der Waals surface area contributed by atoms with Crippen molar-refractivity contribution in [2.45, 2.75) is 32.9 Å². The quantitative estimate of drug-likeness (QED) is 0.468. The highest BCUT2D eigenvalue weighted by atomic mass is 16.6. The highest BCUT2D eigenvalue weighted by Gasteiger charge is 2.18. The summed E-state index contributed by atoms with van der Waals surface area (Å²) in [4.78, 5) is 9.36. The molecule has 6 nitrogen and oxygen atoms in total. The van der Waals surface area contributed by atoms with Crippen molar-refractivity contribution < 1.29 is 14.2 Å². The molecule has 0 saturated carbocycles. The van der Waals surface area contributed by atoms with E-state index in [0.29, 0.717) is 37.1 Å². The topological polar surface area (TPSA) is 65.5 Å². The Morgan fingerprint density at radius 1 is 0.969 bits per heavy atom. The summed E-state index contributed by atoms with van der Waals surface area (Å²) in [6.07, 6.45) is -0.0767. The van der Waals surface area contributed by atoms with Crippen molar-refractivity contribution in [3.63, 3.8) is 0 Å².